The fraction of sp³-hybridized carbons (Fsp3) is 0.440. The molecule has 0 saturated carbocycles. The van der Waals surface area contributed by atoms with Crippen LogP contribution >= 0.6 is 0 Å². The van der Waals surface area contributed by atoms with Crippen molar-refractivity contribution < 1.29 is 40.1 Å². The molecule has 0 bridgehead atoms. The van der Waals surface area contributed by atoms with Crippen LogP contribution in [0.5, 0.6) is 11.5 Å². The fourth-order valence-electron chi connectivity index (χ4n) is 3.89. The topological polar surface area (TPSA) is 190 Å². The van der Waals surface area contributed by atoms with Crippen LogP contribution in [0.2, 0.25) is 0 Å². The molecule has 3 rings (SSSR count). The minimum atomic E-state index is -4.71. The van der Waals surface area contributed by atoms with Crippen molar-refractivity contribution in [1.82, 2.24) is 4.31 Å². The van der Waals surface area contributed by atoms with Crippen molar-refractivity contribution in [2.75, 3.05) is 32.9 Å². The zero-order valence-corrected chi connectivity index (χ0v) is 24.0. The van der Waals surface area contributed by atoms with E-state index in [0.29, 0.717) is 19.3 Å². The summed E-state index contributed by atoms with van der Waals surface area (Å²) in [6.45, 7) is 4.17. The molecule has 0 unspecified atom stereocenters. The molecule has 0 atom stereocenters. The van der Waals surface area contributed by atoms with Crippen LogP contribution in [0.25, 0.3) is 0 Å². The van der Waals surface area contributed by atoms with E-state index in [1.807, 2.05) is 0 Å². The van der Waals surface area contributed by atoms with Gasteiger partial charge in [0.1, 0.15) is 16.4 Å². The van der Waals surface area contributed by atoms with E-state index in [2.05, 4.69) is 5.16 Å². The van der Waals surface area contributed by atoms with Gasteiger partial charge in [0.05, 0.1) is 18.8 Å². The molecule has 0 amide bonds. The van der Waals surface area contributed by atoms with Gasteiger partial charge in [-0.2, -0.15) is 12.7 Å². The number of hydrogen-bond donors (Lipinski definition) is 2. The third-order valence-corrected chi connectivity index (χ3v) is 9.12. The third-order valence-electron chi connectivity index (χ3n) is 5.76. The van der Waals surface area contributed by atoms with Crippen molar-refractivity contribution in [2.45, 2.75) is 49.3 Å². The second kappa shape index (κ2) is 13.7. The predicted octanol–water partition coefficient (Wildman–Crippen LogP) is 2.09. The zero-order valence-electron chi connectivity index (χ0n) is 22.4. The number of carbonyl (C=O) groups is 1. The molecule has 0 spiro atoms. The van der Waals surface area contributed by atoms with Gasteiger partial charge in [0.2, 0.25) is 16.0 Å². The summed E-state index contributed by atoms with van der Waals surface area (Å²) in [5.74, 6) is -1.03. The molecule has 1 saturated heterocycles. The Morgan fingerprint density at radius 2 is 1.68 bits per heavy atom. The van der Waals surface area contributed by atoms with Gasteiger partial charge in [0.25, 0.3) is 0 Å². The first-order chi connectivity index (χ1) is 19.0. The molecule has 13 nitrogen and oxygen atoms in total. The highest BCUT2D eigenvalue weighted by Gasteiger charge is 2.34. The lowest BCUT2D eigenvalue weighted by molar-refractivity contribution is 0.0526. The number of oxime groups is 1. The Labute approximate surface area is 234 Å². The van der Waals surface area contributed by atoms with Crippen LogP contribution in [0.15, 0.2) is 51.3 Å². The lowest BCUT2D eigenvalue weighted by Gasteiger charge is -2.27. The molecule has 0 aliphatic carbocycles. The van der Waals surface area contributed by atoms with Crippen LogP contribution in [0.3, 0.4) is 0 Å². The van der Waals surface area contributed by atoms with Crippen molar-refractivity contribution in [1.29, 1.82) is 0 Å². The highest BCUT2D eigenvalue weighted by atomic mass is 32.2. The quantitative estimate of drug-likeness (QED) is 0.0857. The standard InChI is InChI=1S/C25H34N4O9S2/c1-3-35-24(30)19-9-11-22(23(17-19)39(31,32)29-12-5-4-6-13-29)40(33,34)38-20-10-8-18(2)16-21(20)36-14-7-15-37-28-25(26)27/h8-11,16-17H,3-7,12-15H2,1-2H3,(H4,26,27,28). The number of guanidine groups is 1. The molecule has 0 radical (unpaired) electrons. The van der Waals surface area contributed by atoms with Crippen LogP contribution in [0, 0.1) is 6.92 Å². The maximum Gasteiger partial charge on any atom is 0.340 e. The first-order valence-electron chi connectivity index (χ1n) is 12.7. The van der Waals surface area contributed by atoms with E-state index in [9.17, 15) is 21.6 Å². The molecule has 1 aliphatic rings. The summed E-state index contributed by atoms with van der Waals surface area (Å²) in [6.07, 6.45) is 2.50. The van der Waals surface area contributed by atoms with Gasteiger partial charge in [0, 0.05) is 19.5 Å². The Morgan fingerprint density at radius 1 is 0.950 bits per heavy atom. The highest BCUT2D eigenvalue weighted by molar-refractivity contribution is 7.91. The molecule has 2 aromatic rings. The van der Waals surface area contributed by atoms with Gasteiger partial charge < -0.3 is 30.0 Å². The molecular formula is C25H34N4O9S2. The Balaban J connectivity index is 1.94. The smallest absolute Gasteiger partial charge is 0.340 e. The number of ether oxygens (including phenoxy) is 2. The van der Waals surface area contributed by atoms with Crippen LogP contribution in [-0.4, -0.2) is 66.0 Å². The summed E-state index contributed by atoms with van der Waals surface area (Å²) >= 11 is 0. The van der Waals surface area contributed by atoms with E-state index >= 15 is 0 Å². The average molecular weight is 599 g/mol. The van der Waals surface area contributed by atoms with Crippen LogP contribution in [0.4, 0.5) is 0 Å². The first-order valence-corrected chi connectivity index (χ1v) is 15.5. The van der Waals surface area contributed by atoms with Gasteiger partial charge in [-0.25, -0.2) is 13.2 Å². The van der Waals surface area contributed by atoms with E-state index in [1.165, 1.54) is 16.4 Å². The van der Waals surface area contributed by atoms with Gasteiger partial charge >= 0.3 is 16.1 Å². The van der Waals surface area contributed by atoms with Crippen molar-refractivity contribution in [3.8, 4) is 11.5 Å². The molecule has 4 N–H and O–H groups in total. The maximum atomic E-state index is 13.6. The van der Waals surface area contributed by atoms with Gasteiger partial charge in [0.15, 0.2) is 11.5 Å². The Bertz CT molecular complexity index is 1430. The number of sulfonamides is 1. The summed E-state index contributed by atoms with van der Waals surface area (Å²) in [4.78, 5) is 16.1. The molecule has 0 aromatic heterocycles. The highest BCUT2D eigenvalue weighted by Crippen LogP contribution is 2.34. The number of carbonyl (C=O) groups excluding carboxylic acids is 1. The van der Waals surface area contributed by atoms with Crippen molar-refractivity contribution in [3.63, 3.8) is 0 Å². The molecule has 1 aliphatic heterocycles. The number of hydrogen-bond acceptors (Lipinski definition) is 10. The summed E-state index contributed by atoms with van der Waals surface area (Å²) < 4.78 is 71.6. The minimum Gasteiger partial charge on any atom is -0.489 e. The van der Waals surface area contributed by atoms with Crippen LogP contribution in [-0.2, 0) is 29.7 Å². The van der Waals surface area contributed by atoms with E-state index in [-0.39, 0.29) is 55.9 Å². The molecule has 40 heavy (non-hydrogen) atoms. The van der Waals surface area contributed by atoms with Crippen molar-refractivity contribution in [3.05, 3.63) is 47.5 Å². The molecular weight excluding hydrogens is 564 g/mol. The molecule has 1 heterocycles. The number of nitrogens with zero attached hydrogens (tertiary/aromatic N) is 2. The normalized spacial score (nSPS) is 14.2. The maximum absolute atomic E-state index is 13.6. The minimum absolute atomic E-state index is 0.0623. The van der Waals surface area contributed by atoms with Crippen LogP contribution < -0.4 is 20.4 Å². The van der Waals surface area contributed by atoms with Crippen molar-refractivity contribution in [2.24, 2.45) is 16.6 Å². The van der Waals surface area contributed by atoms with Gasteiger partial charge in [-0.3, -0.25) is 0 Å². The average Bonchev–Trinajstić information content (AvgIpc) is 2.92. The third kappa shape index (κ3) is 7.99. The summed E-state index contributed by atoms with van der Waals surface area (Å²) in [5.41, 5.74) is 11.1. The monoisotopic (exact) mass is 598 g/mol. The summed E-state index contributed by atoms with van der Waals surface area (Å²) in [7, 11) is -9.01. The Kier molecular flexibility index (Phi) is 10.6. The molecule has 1 fully saturated rings. The Morgan fingerprint density at radius 3 is 2.35 bits per heavy atom. The second-order valence-corrected chi connectivity index (χ2v) is 12.3. The van der Waals surface area contributed by atoms with E-state index in [1.54, 1.807) is 26.0 Å². The van der Waals surface area contributed by atoms with Gasteiger partial charge in [-0.05, 0) is 67.7 Å². The van der Waals surface area contributed by atoms with E-state index in [4.69, 9.17) is 30.0 Å². The van der Waals surface area contributed by atoms with Gasteiger partial charge in [-0.1, -0.05) is 12.5 Å². The predicted molar refractivity (Wildman–Crippen MR) is 146 cm³/mol. The number of piperidine rings is 1. The van der Waals surface area contributed by atoms with E-state index < -0.39 is 35.9 Å². The largest absolute Gasteiger partial charge is 0.489 e. The zero-order chi connectivity index (χ0) is 29.3. The first kappa shape index (κ1) is 31.0. The lowest BCUT2D eigenvalue weighted by atomic mass is 10.2. The van der Waals surface area contributed by atoms with Crippen molar-refractivity contribution >= 4 is 32.1 Å². The number of rotatable bonds is 13. The lowest BCUT2D eigenvalue weighted by Crippen LogP contribution is -2.36. The van der Waals surface area contributed by atoms with E-state index in [0.717, 1.165) is 24.1 Å². The summed E-state index contributed by atoms with van der Waals surface area (Å²) in [5, 5.41) is 3.40. The molecule has 220 valence electrons. The number of esters is 1. The number of nitrogens with two attached hydrogens (primary N) is 2. The van der Waals surface area contributed by atoms with Crippen LogP contribution in [0.1, 0.15) is 48.5 Å². The number of aryl methyl sites for hydroxylation is 1. The molecule has 2 aromatic carbocycles. The SMILES string of the molecule is CCOC(=O)c1ccc(S(=O)(=O)Oc2ccc(C)cc2OCCCON=C(N)N)c(S(=O)(=O)N2CCCCC2)c1. The Hall–Kier alpha value is -3.56. The second-order valence-electron chi connectivity index (χ2n) is 8.89. The fourth-order valence-corrected chi connectivity index (χ4v) is 7.13. The van der Waals surface area contributed by atoms with Gasteiger partial charge in [-0.15, -0.1) is 0 Å². The number of benzene rings is 2. The molecule has 15 heteroatoms. The summed E-state index contributed by atoms with van der Waals surface area (Å²) in [6, 6.07) is 7.84.